The number of furan rings is 1. The van der Waals surface area contributed by atoms with Gasteiger partial charge in [0.1, 0.15) is 23.9 Å². The van der Waals surface area contributed by atoms with Crippen LogP contribution in [0.2, 0.25) is 0 Å². The van der Waals surface area contributed by atoms with Crippen LogP contribution in [-0.4, -0.2) is 61.7 Å². The maximum Gasteiger partial charge on any atom is 0.257 e. The Hall–Kier alpha value is -2.31. The number of amides is 1. The van der Waals surface area contributed by atoms with Crippen LogP contribution >= 0.6 is 0 Å². The number of piperidine rings is 1. The summed E-state index contributed by atoms with van der Waals surface area (Å²) in [5, 5.41) is 0. The second kappa shape index (κ2) is 10.3. The molecular formula is C25H34N2O4. The number of para-hydroxylation sites is 1. The van der Waals surface area contributed by atoms with E-state index in [-0.39, 0.29) is 12.0 Å². The van der Waals surface area contributed by atoms with Gasteiger partial charge in [0.2, 0.25) is 0 Å². The summed E-state index contributed by atoms with van der Waals surface area (Å²) in [5.74, 6) is 3.03. The van der Waals surface area contributed by atoms with Crippen LogP contribution < -0.4 is 4.74 Å². The Morgan fingerprint density at radius 3 is 2.74 bits per heavy atom. The van der Waals surface area contributed by atoms with Crippen molar-refractivity contribution in [2.75, 3.05) is 39.9 Å². The minimum absolute atomic E-state index is 0.0649. The fourth-order valence-corrected chi connectivity index (χ4v) is 4.81. The van der Waals surface area contributed by atoms with Gasteiger partial charge in [0, 0.05) is 32.7 Å². The number of fused-ring (bicyclic) bond motifs is 3. The number of benzene rings is 1. The van der Waals surface area contributed by atoms with Gasteiger partial charge in [-0.3, -0.25) is 9.69 Å². The van der Waals surface area contributed by atoms with E-state index in [1.54, 1.807) is 7.11 Å². The predicted molar refractivity (Wildman–Crippen MR) is 119 cm³/mol. The molecule has 2 aliphatic rings. The monoisotopic (exact) mass is 426 g/mol. The second-order valence-corrected chi connectivity index (χ2v) is 8.70. The molecule has 168 valence electrons. The lowest BCUT2D eigenvalue weighted by atomic mass is 9.89. The van der Waals surface area contributed by atoms with Crippen molar-refractivity contribution in [3.63, 3.8) is 0 Å². The molecule has 1 amide bonds. The van der Waals surface area contributed by atoms with Crippen molar-refractivity contribution >= 4 is 5.91 Å². The van der Waals surface area contributed by atoms with Crippen molar-refractivity contribution in [1.82, 2.24) is 9.80 Å². The largest absolute Gasteiger partial charge is 0.491 e. The highest BCUT2D eigenvalue weighted by molar-refractivity contribution is 5.97. The topological polar surface area (TPSA) is 55.1 Å². The molecule has 1 aromatic heterocycles. The third kappa shape index (κ3) is 5.49. The lowest BCUT2D eigenvalue weighted by molar-refractivity contribution is -0.00703. The van der Waals surface area contributed by atoms with Gasteiger partial charge in [0.05, 0.1) is 18.2 Å². The van der Waals surface area contributed by atoms with Gasteiger partial charge in [-0.15, -0.1) is 0 Å². The molecular weight excluding hydrogens is 392 g/mol. The smallest absolute Gasteiger partial charge is 0.257 e. The molecule has 1 saturated heterocycles. The summed E-state index contributed by atoms with van der Waals surface area (Å²) in [4.78, 5) is 17.7. The normalized spacial score (nSPS) is 23.7. The van der Waals surface area contributed by atoms with E-state index in [1.807, 2.05) is 42.2 Å². The highest BCUT2D eigenvalue weighted by Crippen LogP contribution is 2.28. The van der Waals surface area contributed by atoms with E-state index in [1.165, 1.54) is 0 Å². The first-order valence-corrected chi connectivity index (χ1v) is 11.5. The van der Waals surface area contributed by atoms with E-state index < -0.39 is 0 Å². The average molecular weight is 427 g/mol. The molecule has 31 heavy (non-hydrogen) atoms. The number of carbonyl (C=O) groups excluding carboxylic acids is 1. The zero-order valence-corrected chi connectivity index (χ0v) is 18.7. The first kappa shape index (κ1) is 21.9. The molecule has 2 aromatic rings. The number of rotatable bonds is 3. The van der Waals surface area contributed by atoms with Crippen LogP contribution in [0.25, 0.3) is 0 Å². The molecule has 2 aliphatic heterocycles. The SMILES string of the molecule is CO[C@H]1CCN2C[C@H]1CCCCN(Cc1ccc(C)o1)CCOc1ccccc1C2=O. The Kier molecular flexibility index (Phi) is 7.30. The standard InChI is InChI=1S/C25H34N2O4/c1-19-10-11-21(31-19)18-26-13-6-5-7-20-17-27(14-12-23(20)29-2)25(28)22-8-3-4-9-24(22)30-16-15-26/h3-4,8-11,20,23H,5-7,12-18H2,1-2H3/t20-,23+/m1/s1. The van der Waals surface area contributed by atoms with Crippen molar-refractivity contribution in [3.05, 3.63) is 53.5 Å². The van der Waals surface area contributed by atoms with Crippen LogP contribution in [0.3, 0.4) is 0 Å². The molecule has 6 heteroatoms. The van der Waals surface area contributed by atoms with E-state index in [4.69, 9.17) is 13.9 Å². The number of carbonyl (C=O) groups is 1. The minimum Gasteiger partial charge on any atom is -0.491 e. The van der Waals surface area contributed by atoms with Gasteiger partial charge in [0.25, 0.3) is 5.91 Å². The summed E-state index contributed by atoms with van der Waals surface area (Å²) in [6.45, 7) is 6.56. The van der Waals surface area contributed by atoms with Crippen LogP contribution in [0.5, 0.6) is 5.75 Å². The second-order valence-electron chi connectivity index (χ2n) is 8.70. The minimum atomic E-state index is 0.0649. The Morgan fingerprint density at radius 1 is 1.06 bits per heavy atom. The molecule has 6 nitrogen and oxygen atoms in total. The molecule has 3 heterocycles. The summed E-state index contributed by atoms with van der Waals surface area (Å²) in [5.41, 5.74) is 0.655. The lowest BCUT2D eigenvalue weighted by Crippen LogP contribution is -2.46. The lowest BCUT2D eigenvalue weighted by Gasteiger charge is -2.38. The van der Waals surface area contributed by atoms with Crippen LogP contribution in [0.4, 0.5) is 0 Å². The molecule has 0 unspecified atom stereocenters. The maximum absolute atomic E-state index is 13.3. The highest BCUT2D eigenvalue weighted by atomic mass is 16.5. The van der Waals surface area contributed by atoms with Crippen LogP contribution in [0.1, 0.15) is 47.6 Å². The molecule has 0 aliphatic carbocycles. The quantitative estimate of drug-likeness (QED) is 0.739. The predicted octanol–water partition coefficient (Wildman–Crippen LogP) is 4.13. The van der Waals surface area contributed by atoms with Crippen molar-refractivity contribution in [3.8, 4) is 5.75 Å². The molecule has 2 bridgehead atoms. The summed E-state index contributed by atoms with van der Waals surface area (Å²) in [7, 11) is 1.80. The molecule has 1 fully saturated rings. The van der Waals surface area contributed by atoms with E-state index >= 15 is 0 Å². The van der Waals surface area contributed by atoms with Crippen molar-refractivity contribution in [2.45, 2.75) is 45.3 Å². The fraction of sp³-hybridized carbons (Fsp3) is 0.560. The van der Waals surface area contributed by atoms with Gasteiger partial charge in [-0.2, -0.15) is 0 Å². The zero-order chi connectivity index (χ0) is 21.6. The van der Waals surface area contributed by atoms with Crippen molar-refractivity contribution in [2.24, 2.45) is 5.92 Å². The molecule has 0 radical (unpaired) electrons. The van der Waals surface area contributed by atoms with E-state index in [0.29, 0.717) is 23.8 Å². The zero-order valence-electron chi connectivity index (χ0n) is 18.7. The number of hydrogen-bond acceptors (Lipinski definition) is 5. The van der Waals surface area contributed by atoms with E-state index in [0.717, 1.165) is 69.9 Å². The third-order valence-electron chi connectivity index (χ3n) is 6.51. The van der Waals surface area contributed by atoms with Gasteiger partial charge < -0.3 is 18.8 Å². The molecule has 1 aromatic carbocycles. The first-order valence-electron chi connectivity index (χ1n) is 11.5. The van der Waals surface area contributed by atoms with Gasteiger partial charge in [0.15, 0.2) is 0 Å². The Labute approximate surface area is 185 Å². The van der Waals surface area contributed by atoms with Gasteiger partial charge >= 0.3 is 0 Å². The first-order chi connectivity index (χ1) is 15.1. The molecule has 0 saturated carbocycles. The van der Waals surface area contributed by atoms with Gasteiger partial charge in [-0.25, -0.2) is 0 Å². The molecule has 0 N–H and O–H groups in total. The Balaban J connectivity index is 1.52. The van der Waals surface area contributed by atoms with Crippen molar-refractivity contribution < 1.29 is 18.7 Å². The van der Waals surface area contributed by atoms with E-state index in [9.17, 15) is 4.79 Å². The molecule has 0 spiro atoms. The third-order valence-corrected chi connectivity index (χ3v) is 6.51. The summed E-state index contributed by atoms with van der Waals surface area (Å²) < 4.78 is 17.7. The Morgan fingerprint density at radius 2 is 1.94 bits per heavy atom. The van der Waals surface area contributed by atoms with Crippen LogP contribution in [0.15, 0.2) is 40.8 Å². The number of aryl methyl sites for hydroxylation is 1. The number of ether oxygens (including phenoxy) is 2. The van der Waals surface area contributed by atoms with Crippen molar-refractivity contribution in [1.29, 1.82) is 0 Å². The van der Waals surface area contributed by atoms with Crippen LogP contribution in [-0.2, 0) is 11.3 Å². The maximum atomic E-state index is 13.3. The summed E-state index contributed by atoms with van der Waals surface area (Å²) >= 11 is 0. The highest BCUT2D eigenvalue weighted by Gasteiger charge is 2.32. The number of methoxy groups -OCH3 is 1. The Bertz CT molecular complexity index is 865. The van der Waals surface area contributed by atoms with Gasteiger partial charge in [-0.1, -0.05) is 18.6 Å². The fourth-order valence-electron chi connectivity index (χ4n) is 4.81. The average Bonchev–Trinajstić information content (AvgIpc) is 3.20. The van der Waals surface area contributed by atoms with Crippen LogP contribution in [0, 0.1) is 12.8 Å². The van der Waals surface area contributed by atoms with Gasteiger partial charge in [-0.05, 0) is 57.0 Å². The molecule has 2 atom stereocenters. The number of hydrogen-bond donors (Lipinski definition) is 0. The van der Waals surface area contributed by atoms with E-state index in [2.05, 4.69) is 11.0 Å². The number of nitrogens with zero attached hydrogens (tertiary/aromatic N) is 2. The molecule has 4 rings (SSSR count). The summed E-state index contributed by atoms with van der Waals surface area (Å²) in [6.07, 6.45) is 4.42. The summed E-state index contributed by atoms with van der Waals surface area (Å²) in [6, 6.07) is 11.7.